The number of ether oxygens (including phenoxy) is 3. The Morgan fingerprint density at radius 1 is 1.20 bits per heavy atom. The van der Waals surface area contributed by atoms with Gasteiger partial charge in [0, 0.05) is 0 Å². The van der Waals surface area contributed by atoms with Gasteiger partial charge in [-0.1, -0.05) is 0 Å². The second-order valence-electron chi connectivity index (χ2n) is 2.45. The van der Waals surface area contributed by atoms with Gasteiger partial charge < -0.3 is 15.6 Å². The van der Waals surface area contributed by atoms with Crippen LogP contribution in [0.3, 0.4) is 0 Å². The first-order chi connectivity index (χ1) is 4.45. The van der Waals surface area contributed by atoms with Crippen LogP contribution in [-0.2, 0) is 14.2 Å². The van der Waals surface area contributed by atoms with Crippen molar-refractivity contribution in [2.45, 2.75) is 12.2 Å². The molecule has 2 saturated heterocycles. The average molecular weight is 154 g/mol. The van der Waals surface area contributed by atoms with Gasteiger partial charge in [-0.05, 0) is 0 Å². The molecule has 0 aromatic heterocycles. The van der Waals surface area contributed by atoms with Crippen LogP contribution >= 0.6 is 0 Å². The van der Waals surface area contributed by atoms with E-state index in [1.807, 2.05) is 0 Å². The van der Waals surface area contributed by atoms with Crippen molar-refractivity contribution >= 4 is 0 Å². The summed E-state index contributed by atoms with van der Waals surface area (Å²) in [7, 11) is 0. The molecule has 0 bridgehead atoms. The predicted octanol–water partition coefficient (Wildman–Crippen LogP) is -3.08. The molecule has 2 atom stereocenters. The zero-order chi connectivity index (χ0) is 6.10. The van der Waals surface area contributed by atoms with Crippen molar-refractivity contribution in [1.29, 1.82) is 0 Å². The van der Waals surface area contributed by atoms with E-state index in [2.05, 4.69) is 0 Å². The Morgan fingerprint density at radius 3 is 1.90 bits per heavy atom. The van der Waals surface area contributed by atoms with E-state index in [0.29, 0.717) is 12.2 Å². The largest absolute Gasteiger partial charge is 1.00 e. The first-order valence-corrected chi connectivity index (χ1v) is 3.26. The van der Waals surface area contributed by atoms with Gasteiger partial charge >= 0.3 is 29.6 Å². The van der Waals surface area contributed by atoms with Gasteiger partial charge in [0.1, 0.15) is 12.2 Å². The van der Waals surface area contributed by atoms with E-state index in [-0.39, 0.29) is 31.0 Å². The fourth-order valence-electron chi connectivity index (χ4n) is 0.659. The molecule has 2 aliphatic rings. The Labute approximate surface area is 83.8 Å². The Morgan fingerprint density at radius 2 is 1.60 bits per heavy atom. The topological polar surface area (TPSA) is 34.3 Å². The van der Waals surface area contributed by atoms with Crippen molar-refractivity contribution < 1.29 is 45.2 Å². The molecule has 2 unspecified atom stereocenters. The maximum atomic E-state index is 5.23. The molecule has 0 radical (unpaired) electrons. The summed E-state index contributed by atoms with van der Waals surface area (Å²) in [4.78, 5) is 0. The summed E-state index contributed by atoms with van der Waals surface area (Å²) in [6.45, 7) is 3.26. The Hall–Kier alpha value is 0.880. The van der Waals surface area contributed by atoms with Crippen molar-refractivity contribution in [3.63, 3.8) is 0 Å². The van der Waals surface area contributed by atoms with Gasteiger partial charge in [0.2, 0.25) is 0 Å². The Bertz CT molecular complexity index is 94.0. The second kappa shape index (κ2) is 4.04. The van der Waals surface area contributed by atoms with Gasteiger partial charge in [0.15, 0.2) is 0 Å². The zero-order valence-corrected chi connectivity index (χ0v) is 8.21. The van der Waals surface area contributed by atoms with Crippen molar-refractivity contribution in [2.24, 2.45) is 0 Å². The summed E-state index contributed by atoms with van der Waals surface area (Å²) in [5.41, 5.74) is 0. The molecular formula is C6H11NaO3. The minimum atomic E-state index is 0. The third-order valence-corrected chi connectivity index (χ3v) is 1.41. The summed E-state index contributed by atoms with van der Waals surface area (Å²) in [5, 5.41) is 0. The molecule has 10 heavy (non-hydrogen) atoms. The van der Waals surface area contributed by atoms with Gasteiger partial charge in [0.05, 0.1) is 26.4 Å². The smallest absolute Gasteiger partial charge is 1.00 e. The van der Waals surface area contributed by atoms with Gasteiger partial charge in [0.25, 0.3) is 0 Å². The van der Waals surface area contributed by atoms with Crippen molar-refractivity contribution in [3.8, 4) is 0 Å². The van der Waals surface area contributed by atoms with Crippen LogP contribution in [0.2, 0.25) is 0 Å². The fraction of sp³-hybridized carbons (Fsp3) is 1.00. The van der Waals surface area contributed by atoms with Crippen LogP contribution in [0.25, 0.3) is 0 Å². The standard InChI is InChI=1S/C6H10O3.Na.H/c1(5-3-8-5)7-2-6-4-9-6;;/h5-6H,1-4H2;;/q;+1;-1. The summed E-state index contributed by atoms with van der Waals surface area (Å²) < 4.78 is 15.1. The first-order valence-electron chi connectivity index (χ1n) is 3.26. The maximum Gasteiger partial charge on any atom is 1.00 e. The molecule has 2 rings (SSSR count). The molecule has 4 heteroatoms. The summed E-state index contributed by atoms with van der Waals surface area (Å²) in [6, 6.07) is 0. The summed E-state index contributed by atoms with van der Waals surface area (Å²) in [5.74, 6) is 0. The van der Waals surface area contributed by atoms with E-state index in [4.69, 9.17) is 14.2 Å². The minimum absolute atomic E-state index is 0. The van der Waals surface area contributed by atoms with Gasteiger partial charge in [-0.25, -0.2) is 0 Å². The van der Waals surface area contributed by atoms with Crippen LogP contribution in [0.5, 0.6) is 0 Å². The van der Waals surface area contributed by atoms with E-state index in [1.54, 1.807) is 0 Å². The van der Waals surface area contributed by atoms with E-state index in [0.717, 1.165) is 26.4 Å². The van der Waals surface area contributed by atoms with Crippen LogP contribution in [0.15, 0.2) is 0 Å². The normalized spacial score (nSPS) is 34.8. The molecule has 2 aliphatic heterocycles. The first kappa shape index (κ1) is 8.97. The van der Waals surface area contributed by atoms with E-state index in [1.165, 1.54) is 0 Å². The van der Waals surface area contributed by atoms with Crippen molar-refractivity contribution in [3.05, 3.63) is 0 Å². The molecule has 0 spiro atoms. The Kier molecular flexibility index (Phi) is 3.63. The van der Waals surface area contributed by atoms with Gasteiger partial charge in [-0.2, -0.15) is 0 Å². The minimum Gasteiger partial charge on any atom is -1.00 e. The molecule has 0 aliphatic carbocycles. The monoisotopic (exact) mass is 154 g/mol. The van der Waals surface area contributed by atoms with Crippen LogP contribution in [0.1, 0.15) is 1.43 Å². The molecule has 2 heterocycles. The molecule has 0 amide bonds. The summed E-state index contributed by atoms with van der Waals surface area (Å²) in [6.07, 6.45) is 0.785. The molecule has 2 fully saturated rings. The van der Waals surface area contributed by atoms with Crippen molar-refractivity contribution in [1.82, 2.24) is 0 Å². The molecular weight excluding hydrogens is 143 g/mol. The van der Waals surface area contributed by atoms with Crippen molar-refractivity contribution in [2.75, 3.05) is 26.4 Å². The third-order valence-electron chi connectivity index (χ3n) is 1.41. The second-order valence-corrected chi connectivity index (χ2v) is 2.45. The fourth-order valence-corrected chi connectivity index (χ4v) is 0.659. The maximum absolute atomic E-state index is 5.23. The number of hydrogen-bond acceptors (Lipinski definition) is 3. The molecule has 54 valence electrons. The predicted molar refractivity (Wildman–Crippen MR) is 31.4 cm³/mol. The van der Waals surface area contributed by atoms with Gasteiger partial charge in [-0.15, -0.1) is 0 Å². The average Bonchev–Trinajstić information content (AvgIpc) is 2.57. The Balaban J connectivity index is 0.000000500. The number of epoxide rings is 2. The molecule has 0 aromatic carbocycles. The van der Waals surface area contributed by atoms with Crippen LogP contribution in [-0.4, -0.2) is 38.6 Å². The summed E-state index contributed by atoms with van der Waals surface area (Å²) >= 11 is 0. The third kappa shape index (κ3) is 3.32. The number of rotatable bonds is 4. The molecule has 0 N–H and O–H groups in total. The molecule has 0 saturated carbocycles. The number of hydrogen-bond donors (Lipinski definition) is 0. The molecule has 3 nitrogen and oxygen atoms in total. The van der Waals surface area contributed by atoms with E-state index >= 15 is 0 Å². The van der Waals surface area contributed by atoms with Gasteiger partial charge in [-0.3, -0.25) is 0 Å². The van der Waals surface area contributed by atoms with Crippen LogP contribution in [0, 0.1) is 0 Å². The SMILES string of the molecule is C(OCC1CO1)C1CO1.[H-].[Na+]. The molecule has 0 aromatic rings. The van der Waals surface area contributed by atoms with Crippen LogP contribution < -0.4 is 29.6 Å². The van der Waals surface area contributed by atoms with E-state index in [9.17, 15) is 0 Å². The van der Waals surface area contributed by atoms with E-state index < -0.39 is 0 Å². The quantitative estimate of drug-likeness (QED) is 0.318. The van der Waals surface area contributed by atoms with Crippen LogP contribution in [0.4, 0.5) is 0 Å². The zero-order valence-electron chi connectivity index (χ0n) is 7.21.